The van der Waals surface area contributed by atoms with Crippen molar-refractivity contribution in [1.29, 1.82) is 0 Å². The van der Waals surface area contributed by atoms with Gasteiger partial charge in [-0.15, -0.1) is 0 Å². The molecule has 1 rings (SSSR count). The zero-order valence-electron chi connectivity index (χ0n) is 13.1. The molecule has 0 saturated heterocycles. The largest absolute Gasteiger partial charge is 0.352 e. The Hall–Kier alpha value is -1.42. The quantitative estimate of drug-likeness (QED) is 0.841. The van der Waals surface area contributed by atoms with Crippen LogP contribution in [-0.4, -0.2) is 38.0 Å². The zero-order valence-corrected chi connectivity index (χ0v) is 13.1. The number of nitrogens with zero attached hydrogens (tertiary/aromatic N) is 1. The first-order valence-electron chi connectivity index (χ1n) is 6.95. The molecule has 0 aliphatic rings. The van der Waals surface area contributed by atoms with E-state index in [1.807, 2.05) is 39.8 Å². The van der Waals surface area contributed by atoms with E-state index in [1.54, 1.807) is 12.1 Å². The maximum absolute atomic E-state index is 13.8. The third kappa shape index (κ3) is 4.93. The molecule has 0 spiro atoms. The molecule has 0 heterocycles. The smallest absolute Gasteiger partial charge is 0.254 e. The molecule has 0 radical (unpaired) electrons. The minimum atomic E-state index is -0.469. The Bertz CT molecular complexity index is 464. The van der Waals surface area contributed by atoms with Crippen LogP contribution in [0.5, 0.6) is 0 Å². The first-order valence-corrected chi connectivity index (χ1v) is 6.95. The van der Waals surface area contributed by atoms with Crippen molar-refractivity contribution in [2.45, 2.75) is 32.6 Å². The van der Waals surface area contributed by atoms with Crippen LogP contribution in [0.3, 0.4) is 0 Å². The molecule has 1 aromatic rings. The second kappa shape index (κ2) is 6.84. The Morgan fingerprint density at radius 3 is 2.50 bits per heavy atom. The number of rotatable bonds is 5. The highest BCUT2D eigenvalue weighted by Gasteiger charge is 2.18. The number of carbonyl (C=O) groups is 1. The van der Waals surface area contributed by atoms with E-state index in [2.05, 4.69) is 5.32 Å². The van der Waals surface area contributed by atoms with E-state index in [0.717, 1.165) is 18.5 Å². The SMILES string of the molecule is CN(C)CCCNC(=O)c1cc(C(C)(C)C)ccc1F. The molecule has 0 bridgehead atoms. The summed E-state index contributed by atoms with van der Waals surface area (Å²) in [7, 11) is 3.96. The maximum atomic E-state index is 13.8. The summed E-state index contributed by atoms with van der Waals surface area (Å²) in [4.78, 5) is 14.1. The van der Waals surface area contributed by atoms with Crippen molar-refractivity contribution in [3.05, 3.63) is 35.1 Å². The number of amides is 1. The lowest BCUT2D eigenvalue weighted by Gasteiger charge is -2.20. The van der Waals surface area contributed by atoms with Gasteiger partial charge in [-0.05, 0) is 50.2 Å². The van der Waals surface area contributed by atoms with E-state index in [9.17, 15) is 9.18 Å². The highest BCUT2D eigenvalue weighted by atomic mass is 19.1. The number of benzene rings is 1. The van der Waals surface area contributed by atoms with Gasteiger partial charge < -0.3 is 10.2 Å². The standard InChI is InChI=1S/C16H25FN2O/c1-16(2,3)12-7-8-14(17)13(11-12)15(20)18-9-6-10-19(4)5/h7-8,11H,6,9-10H2,1-5H3,(H,18,20). The number of nitrogens with one attached hydrogen (secondary N) is 1. The molecule has 0 unspecified atom stereocenters. The van der Waals surface area contributed by atoms with E-state index in [-0.39, 0.29) is 16.9 Å². The maximum Gasteiger partial charge on any atom is 0.254 e. The summed E-state index contributed by atoms with van der Waals surface area (Å²) in [6.07, 6.45) is 0.847. The minimum Gasteiger partial charge on any atom is -0.352 e. The predicted octanol–water partition coefficient (Wildman–Crippen LogP) is 2.80. The lowest BCUT2D eigenvalue weighted by Crippen LogP contribution is -2.28. The minimum absolute atomic E-state index is 0.104. The van der Waals surface area contributed by atoms with E-state index < -0.39 is 5.82 Å². The fourth-order valence-electron chi connectivity index (χ4n) is 1.86. The molecule has 0 aromatic heterocycles. The van der Waals surface area contributed by atoms with Gasteiger partial charge in [0.1, 0.15) is 5.82 Å². The Morgan fingerprint density at radius 1 is 1.30 bits per heavy atom. The van der Waals surface area contributed by atoms with Gasteiger partial charge >= 0.3 is 0 Å². The van der Waals surface area contributed by atoms with Crippen LogP contribution in [0.1, 0.15) is 43.1 Å². The zero-order chi connectivity index (χ0) is 15.3. The number of hydrogen-bond donors (Lipinski definition) is 1. The first-order chi connectivity index (χ1) is 9.21. The van der Waals surface area contributed by atoms with Gasteiger partial charge in [0.05, 0.1) is 5.56 Å². The highest BCUT2D eigenvalue weighted by Crippen LogP contribution is 2.24. The lowest BCUT2D eigenvalue weighted by atomic mass is 9.86. The Balaban J connectivity index is 2.72. The molecular weight excluding hydrogens is 255 g/mol. The highest BCUT2D eigenvalue weighted by molar-refractivity contribution is 5.94. The van der Waals surface area contributed by atoms with E-state index in [0.29, 0.717) is 6.54 Å². The summed E-state index contributed by atoms with van der Waals surface area (Å²) < 4.78 is 13.8. The molecule has 0 saturated carbocycles. The molecule has 1 amide bonds. The Morgan fingerprint density at radius 2 is 1.95 bits per heavy atom. The summed E-state index contributed by atoms with van der Waals surface area (Å²) in [6.45, 7) is 7.57. The molecule has 0 aliphatic heterocycles. The summed E-state index contributed by atoms with van der Waals surface area (Å²) in [6, 6.07) is 4.75. The third-order valence-corrected chi connectivity index (χ3v) is 3.14. The van der Waals surface area contributed by atoms with Crippen molar-refractivity contribution >= 4 is 5.91 Å². The number of halogens is 1. The first kappa shape index (κ1) is 16.6. The second-order valence-corrected chi connectivity index (χ2v) is 6.36. The van der Waals surface area contributed by atoms with Crippen LogP contribution in [0.2, 0.25) is 0 Å². The van der Waals surface area contributed by atoms with Crippen LogP contribution < -0.4 is 5.32 Å². The normalized spacial score (nSPS) is 11.8. The Labute approximate surface area is 121 Å². The molecule has 3 nitrogen and oxygen atoms in total. The topological polar surface area (TPSA) is 32.3 Å². The number of hydrogen-bond acceptors (Lipinski definition) is 2. The molecule has 4 heteroatoms. The van der Waals surface area contributed by atoms with Crippen LogP contribution in [0.15, 0.2) is 18.2 Å². The van der Waals surface area contributed by atoms with Crippen molar-refractivity contribution in [3.8, 4) is 0 Å². The fourth-order valence-corrected chi connectivity index (χ4v) is 1.86. The van der Waals surface area contributed by atoms with Crippen molar-refractivity contribution in [3.63, 3.8) is 0 Å². The van der Waals surface area contributed by atoms with Gasteiger partial charge in [0.15, 0.2) is 0 Å². The molecule has 20 heavy (non-hydrogen) atoms. The second-order valence-electron chi connectivity index (χ2n) is 6.36. The van der Waals surface area contributed by atoms with E-state index in [1.165, 1.54) is 6.07 Å². The molecule has 0 atom stereocenters. The van der Waals surface area contributed by atoms with Crippen LogP contribution in [0.4, 0.5) is 4.39 Å². The van der Waals surface area contributed by atoms with Crippen LogP contribution in [-0.2, 0) is 5.41 Å². The molecule has 0 aliphatic carbocycles. The lowest BCUT2D eigenvalue weighted by molar-refractivity contribution is 0.0948. The van der Waals surface area contributed by atoms with E-state index >= 15 is 0 Å². The van der Waals surface area contributed by atoms with Crippen LogP contribution in [0.25, 0.3) is 0 Å². The predicted molar refractivity (Wildman–Crippen MR) is 80.6 cm³/mol. The van der Waals surface area contributed by atoms with Crippen molar-refractivity contribution in [2.24, 2.45) is 0 Å². The summed E-state index contributed by atoms with van der Waals surface area (Å²) in [5, 5.41) is 2.77. The third-order valence-electron chi connectivity index (χ3n) is 3.14. The van der Waals surface area contributed by atoms with Crippen molar-refractivity contribution in [2.75, 3.05) is 27.2 Å². The van der Waals surface area contributed by atoms with Gasteiger partial charge in [-0.25, -0.2) is 4.39 Å². The summed E-state index contributed by atoms with van der Waals surface area (Å²) in [5.74, 6) is -0.810. The summed E-state index contributed by atoms with van der Waals surface area (Å²) in [5.41, 5.74) is 0.979. The van der Waals surface area contributed by atoms with Crippen molar-refractivity contribution < 1.29 is 9.18 Å². The van der Waals surface area contributed by atoms with Gasteiger partial charge in [0.2, 0.25) is 0 Å². The van der Waals surface area contributed by atoms with Gasteiger partial charge in [-0.1, -0.05) is 26.8 Å². The van der Waals surface area contributed by atoms with Crippen LogP contribution >= 0.6 is 0 Å². The summed E-state index contributed by atoms with van der Waals surface area (Å²) >= 11 is 0. The molecular formula is C16H25FN2O. The van der Waals surface area contributed by atoms with Gasteiger partial charge in [0.25, 0.3) is 5.91 Å². The molecule has 1 N–H and O–H groups in total. The van der Waals surface area contributed by atoms with Gasteiger partial charge in [-0.3, -0.25) is 4.79 Å². The average molecular weight is 280 g/mol. The number of carbonyl (C=O) groups excluding carboxylic acids is 1. The van der Waals surface area contributed by atoms with Crippen LogP contribution in [0, 0.1) is 5.82 Å². The van der Waals surface area contributed by atoms with Crippen molar-refractivity contribution in [1.82, 2.24) is 10.2 Å². The Kier molecular flexibility index (Phi) is 5.69. The van der Waals surface area contributed by atoms with E-state index in [4.69, 9.17) is 0 Å². The monoisotopic (exact) mass is 280 g/mol. The molecule has 1 aromatic carbocycles. The van der Waals surface area contributed by atoms with Gasteiger partial charge in [-0.2, -0.15) is 0 Å². The molecule has 0 fully saturated rings. The average Bonchev–Trinajstić information content (AvgIpc) is 2.33. The fraction of sp³-hybridized carbons (Fsp3) is 0.562. The molecule has 112 valence electrons. The van der Waals surface area contributed by atoms with Gasteiger partial charge in [0, 0.05) is 6.54 Å².